The van der Waals surface area contributed by atoms with E-state index in [0.717, 1.165) is 43.2 Å². The summed E-state index contributed by atoms with van der Waals surface area (Å²) in [5, 5.41) is 3.89. The number of nitrogens with zero attached hydrogens (tertiary/aromatic N) is 1. The van der Waals surface area contributed by atoms with E-state index >= 15 is 0 Å². The van der Waals surface area contributed by atoms with E-state index in [4.69, 9.17) is 29.8 Å². The minimum Gasteiger partial charge on any atom is -0.326 e. The van der Waals surface area contributed by atoms with Crippen LogP contribution in [0.3, 0.4) is 0 Å². The van der Waals surface area contributed by atoms with E-state index in [1.165, 1.54) is 6.42 Å². The zero-order valence-electron chi connectivity index (χ0n) is 16.9. The normalized spacial score (nSPS) is 14.6. The van der Waals surface area contributed by atoms with E-state index in [1.807, 2.05) is 18.2 Å². The molecule has 0 unspecified atom stereocenters. The number of anilines is 1. The van der Waals surface area contributed by atoms with Crippen LogP contribution in [0.25, 0.3) is 16.0 Å². The van der Waals surface area contributed by atoms with E-state index in [2.05, 4.69) is 24.0 Å². The van der Waals surface area contributed by atoms with E-state index < -0.39 is 0 Å². The number of rotatable bonds is 5. The lowest BCUT2D eigenvalue weighted by Gasteiger charge is -2.21. The van der Waals surface area contributed by atoms with Crippen molar-refractivity contribution in [2.24, 2.45) is 11.8 Å². The molecule has 1 saturated carbocycles. The predicted molar refractivity (Wildman–Crippen MR) is 122 cm³/mol. The minimum atomic E-state index is 0.0397. The number of hydrogen-bond donors (Lipinski definition) is 1. The second kappa shape index (κ2) is 9.65. The van der Waals surface area contributed by atoms with Crippen LogP contribution in [0.1, 0.15) is 51.5 Å². The van der Waals surface area contributed by atoms with E-state index in [0.29, 0.717) is 32.9 Å². The van der Waals surface area contributed by atoms with Crippen LogP contribution in [0.4, 0.5) is 11.4 Å². The van der Waals surface area contributed by atoms with E-state index in [1.54, 1.807) is 12.1 Å². The highest BCUT2D eigenvalue weighted by Crippen LogP contribution is 2.40. The largest absolute Gasteiger partial charge is 0.326 e. The Morgan fingerprint density at radius 2 is 1.79 bits per heavy atom. The summed E-state index contributed by atoms with van der Waals surface area (Å²) in [6.45, 7) is 11.8. The lowest BCUT2D eigenvalue weighted by Crippen LogP contribution is -2.24. The van der Waals surface area contributed by atoms with Gasteiger partial charge in [-0.25, -0.2) is 4.85 Å². The summed E-state index contributed by atoms with van der Waals surface area (Å²) in [5.41, 5.74) is 3.76. The molecule has 0 aliphatic heterocycles. The lowest BCUT2D eigenvalue weighted by atomic mass is 9.88. The van der Waals surface area contributed by atoms with Crippen LogP contribution < -0.4 is 5.32 Å². The molecule has 0 radical (unpaired) electrons. The molecule has 152 valence electrons. The Kier molecular flexibility index (Phi) is 7.22. The van der Waals surface area contributed by atoms with Crippen molar-refractivity contribution in [2.45, 2.75) is 52.4 Å². The molecular weight excluding hydrogens is 403 g/mol. The molecule has 1 N–H and O–H groups in total. The number of carbonyl (C=O) groups is 1. The van der Waals surface area contributed by atoms with E-state index in [-0.39, 0.29) is 11.8 Å². The molecule has 0 aromatic heterocycles. The molecule has 0 atom stereocenters. The molecule has 1 aliphatic carbocycles. The Balaban J connectivity index is 1.86. The Labute approximate surface area is 183 Å². The third-order valence-corrected chi connectivity index (χ3v) is 6.00. The van der Waals surface area contributed by atoms with Crippen LogP contribution in [0, 0.1) is 18.4 Å². The number of hydrogen-bond acceptors (Lipinski definition) is 1. The van der Waals surface area contributed by atoms with Crippen LogP contribution in [0.15, 0.2) is 30.3 Å². The SMILES string of the molecule is [C-]#[N+]c1cc(-c2c(Cl)cc(NC(=O)C3CCCCC3)cc2Cl)ccc1CC(C)C. The van der Waals surface area contributed by atoms with Crippen molar-refractivity contribution in [1.29, 1.82) is 0 Å². The summed E-state index contributed by atoms with van der Waals surface area (Å²) < 4.78 is 0. The highest BCUT2D eigenvalue weighted by molar-refractivity contribution is 6.39. The first-order valence-electron chi connectivity index (χ1n) is 10.2. The van der Waals surface area contributed by atoms with Crippen molar-refractivity contribution in [2.75, 3.05) is 5.32 Å². The zero-order chi connectivity index (χ0) is 21.0. The second-order valence-corrected chi connectivity index (χ2v) is 9.01. The third-order valence-electron chi connectivity index (χ3n) is 5.41. The van der Waals surface area contributed by atoms with Crippen molar-refractivity contribution in [3.8, 4) is 11.1 Å². The minimum absolute atomic E-state index is 0.0397. The molecule has 0 spiro atoms. The summed E-state index contributed by atoms with van der Waals surface area (Å²) in [4.78, 5) is 16.2. The maximum Gasteiger partial charge on any atom is 0.227 e. The van der Waals surface area contributed by atoms with Crippen molar-refractivity contribution < 1.29 is 4.79 Å². The molecule has 1 amide bonds. The van der Waals surface area contributed by atoms with Crippen molar-refractivity contribution in [3.63, 3.8) is 0 Å². The maximum absolute atomic E-state index is 12.5. The van der Waals surface area contributed by atoms with Crippen LogP contribution in [-0.4, -0.2) is 5.91 Å². The summed E-state index contributed by atoms with van der Waals surface area (Å²) in [5.74, 6) is 0.578. The number of amides is 1. The van der Waals surface area contributed by atoms with Gasteiger partial charge in [-0.1, -0.05) is 68.4 Å². The Morgan fingerprint density at radius 3 is 2.38 bits per heavy atom. The third kappa shape index (κ3) is 5.32. The molecule has 0 heterocycles. The summed E-state index contributed by atoms with van der Waals surface area (Å²) >= 11 is 13.1. The van der Waals surface area contributed by atoms with Gasteiger partial charge in [0, 0.05) is 17.2 Å². The predicted octanol–water partition coefficient (Wildman–Crippen LogP) is 7.93. The molecule has 2 aromatic carbocycles. The van der Waals surface area contributed by atoms with Gasteiger partial charge in [-0.15, -0.1) is 0 Å². The smallest absolute Gasteiger partial charge is 0.227 e. The number of nitrogens with one attached hydrogen (secondary N) is 1. The second-order valence-electron chi connectivity index (χ2n) is 8.19. The standard InChI is InChI=1S/C24H26Cl2N2O/c1-15(2)11-17-9-10-18(12-22(17)27-3)23-20(25)13-19(14-21(23)26)28-24(29)16-7-5-4-6-8-16/h9-10,12-16H,4-8,11H2,1-2H3,(H,28,29). The molecule has 1 aliphatic rings. The van der Waals surface area contributed by atoms with Crippen LogP contribution in [0.2, 0.25) is 10.0 Å². The Bertz CT molecular complexity index is 917. The highest BCUT2D eigenvalue weighted by atomic mass is 35.5. The molecule has 3 nitrogen and oxygen atoms in total. The Morgan fingerprint density at radius 1 is 1.14 bits per heavy atom. The van der Waals surface area contributed by atoms with Gasteiger partial charge in [0.1, 0.15) is 0 Å². The topological polar surface area (TPSA) is 33.5 Å². The van der Waals surface area contributed by atoms with Crippen LogP contribution in [-0.2, 0) is 11.2 Å². The first-order valence-corrected chi connectivity index (χ1v) is 10.9. The number of halogens is 2. The van der Waals surface area contributed by atoms with Gasteiger partial charge in [0.2, 0.25) is 5.91 Å². The van der Waals surface area contributed by atoms with Gasteiger partial charge in [0.15, 0.2) is 5.69 Å². The van der Waals surface area contributed by atoms with Crippen molar-refractivity contribution in [1.82, 2.24) is 0 Å². The number of benzene rings is 2. The van der Waals surface area contributed by atoms with E-state index in [9.17, 15) is 4.79 Å². The molecule has 0 saturated heterocycles. The average Bonchev–Trinajstić information content (AvgIpc) is 2.68. The zero-order valence-corrected chi connectivity index (χ0v) is 18.4. The molecule has 1 fully saturated rings. The van der Waals surface area contributed by atoms with Crippen molar-refractivity contribution >= 4 is 40.5 Å². The monoisotopic (exact) mass is 428 g/mol. The molecular formula is C24H26Cl2N2O. The van der Waals surface area contributed by atoms with Gasteiger partial charge < -0.3 is 5.32 Å². The summed E-state index contributed by atoms with van der Waals surface area (Å²) in [6, 6.07) is 9.26. The maximum atomic E-state index is 12.5. The summed E-state index contributed by atoms with van der Waals surface area (Å²) in [6.07, 6.45) is 6.15. The first-order chi connectivity index (χ1) is 13.9. The van der Waals surface area contributed by atoms with Gasteiger partial charge in [-0.3, -0.25) is 4.79 Å². The quantitative estimate of drug-likeness (QED) is 0.481. The van der Waals surface area contributed by atoms with Gasteiger partial charge in [-0.05, 0) is 54.5 Å². The molecule has 29 heavy (non-hydrogen) atoms. The van der Waals surface area contributed by atoms with Gasteiger partial charge >= 0.3 is 0 Å². The average molecular weight is 429 g/mol. The Hall–Kier alpha value is -2.02. The molecule has 5 heteroatoms. The molecule has 2 aromatic rings. The lowest BCUT2D eigenvalue weighted by molar-refractivity contribution is -0.120. The van der Waals surface area contributed by atoms with Crippen molar-refractivity contribution in [3.05, 3.63) is 57.4 Å². The van der Waals surface area contributed by atoms with Crippen LogP contribution in [0.5, 0.6) is 0 Å². The highest BCUT2D eigenvalue weighted by Gasteiger charge is 2.22. The van der Waals surface area contributed by atoms with Crippen LogP contribution >= 0.6 is 23.2 Å². The number of carbonyl (C=O) groups excluding carboxylic acids is 1. The molecule has 3 rings (SSSR count). The fraction of sp³-hybridized carbons (Fsp3) is 0.417. The summed E-state index contributed by atoms with van der Waals surface area (Å²) in [7, 11) is 0. The fourth-order valence-corrected chi connectivity index (χ4v) is 4.67. The fourth-order valence-electron chi connectivity index (χ4n) is 3.97. The van der Waals surface area contributed by atoms with Gasteiger partial charge in [0.25, 0.3) is 0 Å². The first kappa shape index (κ1) is 21.7. The van der Waals surface area contributed by atoms with Gasteiger partial charge in [0.05, 0.1) is 16.6 Å². The van der Waals surface area contributed by atoms with Gasteiger partial charge in [-0.2, -0.15) is 0 Å². The molecule has 0 bridgehead atoms.